The smallest absolute Gasteiger partial charge is 0.344 e. The van der Waals surface area contributed by atoms with Crippen LogP contribution in [0.15, 0.2) is 48.5 Å². The Labute approximate surface area is 175 Å². The van der Waals surface area contributed by atoms with Gasteiger partial charge in [-0.25, -0.2) is 4.79 Å². The fourth-order valence-electron chi connectivity index (χ4n) is 2.26. The van der Waals surface area contributed by atoms with Crippen molar-refractivity contribution < 1.29 is 28.7 Å². The van der Waals surface area contributed by atoms with Crippen LogP contribution in [0.3, 0.4) is 0 Å². The molecular formula is C23H25NO6. The van der Waals surface area contributed by atoms with Crippen LogP contribution >= 0.6 is 0 Å². The quantitative estimate of drug-likeness (QED) is 0.526. The molecule has 0 fully saturated rings. The van der Waals surface area contributed by atoms with Crippen LogP contribution in [0, 0.1) is 5.41 Å². The second-order valence-corrected chi connectivity index (χ2v) is 7.73. The van der Waals surface area contributed by atoms with E-state index in [1.807, 2.05) is 0 Å². The molecule has 158 valence electrons. The van der Waals surface area contributed by atoms with Crippen molar-refractivity contribution in [2.24, 2.45) is 5.41 Å². The first-order valence-electron chi connectivity index (χ1n) is 9.40. The molecule has 2 aromatic rings. The lowest BCUT2D eigenvalue weighted by molar-refractivity contribution is -0.144. The van der Waals surface area contributed by atoms with E-state index >= 15 is 0 Å². The van der Waals surface area contributed by atoms with Crippen LogP contribution in [0.4, 0.5) is 5.69 Å². The molecule has 0 aliphatic heterocycles. The highest BCUT2D eigenvalue weighted by Crippen LogP contribution is 2.18. The summed E-state index contributed by atoms with van der Waals surface area (Å²) < 4.78 is 10.2. The number of hydrogen-bond acceptors (Lipinski definition) is 6. The lowest BCUT2D eigenvalue weighted by Crippen LogP contribution is -2.27. The van der Waals surface area contributed by atoms with Gasteiger partial charge in [0, 0.05) is 22.2 Å². The molecule has 0 aliphatic rings. The molecule has 30 heavy (non-hydrogen) atoms. The number of rotatable bonds is 8. The predicted octanol–water partition coefficient (Wildman–Crippen LogP) is 3.68. The van der Waals surface area contributed by atoms with Crippen molar-refractivity contribution in [1.29, 1.82) is 0 Å². The number of carbonyl (C=O) groups excluding carboxylic acids is 4. The van der Waals surface area contributed by atoms with Crippen molar-refractivity contribution in [2.75, 3.05) is 18.5 Å². The Bertz CT molecular complexity index is 924. The van der Waals surface area contributed by atoms with Gasteiger partial charge in [-0.1, -0.05) is 20.8 Å². The number of esters is 1. The van der Waals surface area contributed by atoms with Gasteiger partial charge in [0.05, 0.1) is 0 Å². The van der Waals surface area contributed by atoms with Gasteiger partial charge in [0.25, 0.3) is 0 Å². The van der Waals surface area contributed by atoms with E-state index in [1.165, 1.54) is 6.92 Å². The molecule has 1 N–H and O–H groups in total. The van der Waals surface area contributed by atoms with Crippen molar-refractivity contribution in [1.82, 2.24) is 0 Å². The molecule has 7 nitrogen and oxygen atoms in total. The molecule has 0 saturated heterocycles. The first-order chi connectivity index (χ1) is 14.1. The van der Waals surface area contributed by atoms with Crippen molar-refractivity contribution in [3.8, 4) is 5.75 Å². The van der Waals surface area contributed by atoms with Gasteiger partial charge >= 0.3 is 5.97 Å². The maximum absolute atomic E-state index is 12.2. The highest BCUT2D eigenvalue weighted by atomic mass is 16.6. The van der Waals surface area contributed by atoms with Crippen LogP contribution in [-0.4, -0.2) is 36.7 Å². The number of amides is 1. The van der Waals surface area contributed by atoms with Gasteiger partial charge in [0.1, 0.15) is 5.75 Å². The average molecular weight is 411 g/mol. The summed E-state index contributed by atoms with van der Waals surface area (Å²) in [6.07, 6.45) is 0. The van der Waals surface area contributed by atoms with Crippen molar-refractivity contribution in [3.05, 3.63) is 59.7 Å². The summed E-state index contributed by atoms with van der Waals surface area (Å²) in [4.78, 5) is 47.2. The Morgan fingerprint density at radius 2 is 1.40 bits per heavy atom. The third-order valence-electron chi connectivity index (χ3n) is 4.13. The lowest BCUT2D eigenvalue weighted by atomic mass is 9.95. The summed E-state index contributed by atoms with van der Waals surface area (Å²) in [7, 11) is 0. The highest BCUT2D eigenvalue weighted by molar-refractivity contribution is 5.99. The van der Waals surface area contributed by atoms with Gasteiger partial charge in [0.2, 0.25) is 5.91 Å². The number of anilines is 1. The van der Waals surface area contributed by atoms with E-state index in [0.717, 1.165) is 0 Å². The summed E-state index contributed by atoms with van der Waals surface area (Å²) >= 11 is 0. The number of carbonyl (C=O) groups is 4. The first kappa shape index (κ1) is 22.8. The largest absolute Gasteiger partial charge is 0.482 e. The highest BCUT2D eigenvalue weighted by Gasteiger charge is 2.21. The van der Waals surface area contributed by atoms with Crippen LogP contribution < -0.4 is 10.1 Å². The normalized spacial score (nSPS) is 10.8. The second-order valence-electron chi connectivity index (χ2n) is 7.73. The Kier molecular flexibility index (Phi) is 7.47. The van der Waals surface area contributed by atoms with E-state index in [4.69, 9.17) is 9.47 Å². The molecule has 0 spiro atoms. The Morgan fingerprint density at radius 1 is 0.833 bits per heavy atom. The summed E-state index contributed by atoms with van der Waals surface area (Å²) in [6, 6.07) is 12.7. The van der Waals surface area contributed by atoms with Crippen LogP contribution in [0.1, 0.15) is 48.4 Å². The zero-order valence-electron chi connectivity index (χ0n) is 17.5. The van der Waals surface area contributed by atoms with E-state index in [0.29, 0.717) is 22.6 Å². The Hall–Kier alpha value is -3.48. The molecule has 0 heterocycles. The molecule has 0 aliphatic carbocycles. The lowest BCUT2D eigenvalue weighted by Gasteiger charge is -2.17. The Balaban J connectivity index is 1.79. The fraction of sp³-hybridized carbons (Fsp3) is 0.304. The molecule has 1 amide bonds. The van der Waals surface area contributed by atoms with Gasteiger partial charge in [0.15, 0.2) is 24.8 Å². The van der Waals surface area contributed by atoms with Gasteiger partial charge in [-0.15, -0.1) is 0 Å². The van der Waals surface area contributed by atoms with E-state index in [-0.39, 0.29) is 24.1 Å². The first-order valence-corrected chi connectivity index (χ1v) is 9.40. The van der Waals surface area contributed by atoms with Crippen molar-refractivity contribution >= 4 is 29.1 Å². The van der Waals surface area contributed by atoms with E-state index in [2.05, 4.69) is 5.32 Å². The molecule has 2 aromatic carbocycles. The summed E-state index contributed by atoms with van der Waals surface area (Å²) in [5, 5.41) is 2.77. The molecule has 0 saturated carbocycles. The average Bonchev–Trinajstić information content (AvgIpc) is 2.70. The molecular weight excluding hydrogens is 386 g/mol. The molecule has 7 heteroatoms. The number of Topliss-reactive ketones (excluding diaryl/α,β-unsaturated/α-hetero) is 2. The van der Waals surface area contributed by atoms with Crippen molar-refractivity contribution in [3.63, 3.8) is 0 Å². The fourth-order valence-corrected chi connectivity index (χ4v) is 2.26. The Morgan fingerprint density at radius 3 is 1.93 bits per heavy atom. The predicted molar refractivity (Wildman–Crippen MR) is 112 cm³/mol. The van der Waals surface area contributed by atoms with Crippen LogP contribution in [-0.2, 0) is 14.3 Å². The molecule has 0 atom stereocenters. The summed E-state index contributed by atoms with van der Waals surface area (Å²) in [5.41, 5.74) is 0.949. The minimum Gasteiger partial charge on any atom is -0.482 e. The minimum atomic E-state index is -0.687. The van der Waals surface area contributed by atoms with Gasteiger partial charge in [-0.3, -0.25) is 14.4 Å². The summed E-state index contributed by atoms with van der Waals surface area (Å²) in [5.74, 6) is -0.845. The maximum atomic E-state index is 12.2. The summed E-state index contributed by atoms with van der Waals surface area (Å²) in [6.45, 7) is 6.10. The number of benzene rings is 2. The topological polar surface area (TPSA) is 98.8 Å². The molecule has 0 aromatic heterocycles. The monoisotopic (exact) mass is 411 g/mol. The molecule has 0 bridgehead atoms. The van der Waals surface area contributed by atoms with E-state index in [9.17, 15) is 19.2 Å². The zero-order chi connectivity index (χ0) is 22.3. The third-order valence-corrected chi connectivity index (χ3v) is 4.13. The SMILES string of the molecule is CC(=O)c1ccc(OCC(=O)OCC(=O)c2ccc(NC(=O)C(C)(C)C)cc2)cc1. The maximum Gasteiger partial charge on any atom is 0.344 e. The number of ether oxygens (including phenoxy) is 2. The van der Waals surface area contributed by atoms with Gasteiger partial charge in [-0.2, -0.15) is 0 Å². The van der Waals surface area contributed by atoms with Crippen LogP contribution in [0.2, 0.25) is 0 Å². The zero-order valence-corrected chi connectivity index (χ0v) is 17.5. The number of nitrogens with one attached hydrogen (secondary N) is 1. The minimum absolute atomic E-state index is 0.0657. The molecule has 0 unspecified atom stereocenters. The number of ketones is 2. The number of hydrogen-bond donors (Lipinski definition) is 1. The standard InChI is InChI=1S/C23H25NO6/c1-15(25)16-7-11-19(12-8-16)29-14-21(27)30-13-20(26)17-5-9-18(10-6-17)24-22(28)23(2,3)4/h5-12H,13-14H2,1-4H3,(H,24,28). The van der Waals surface area contributed by atoms with Crippen molar-refractivity contribution in [2.45, 2.75) is 27.7 Å². The molecule has 0 radical (unpaired) electrons. The van der Waals surface area contributed by atoms with E-state index < -0.39 is 18.0 Å². The van der Waals surface area contributed by atoms with Gasteiger partial charge < -0.3 is 14.8 Å². The van der Waals surface area contributed by atoms with Crippen LogP contribution in [0.5, 0.6) is 5.75 Å². The van der Waals surface area contributed by atoms with Crippen LogP contribution in [0.25, 0.3) is 0 Å². The second kappa shape index (κ2) is 9.82. The molecule has 2 rings (SSSR count). The van der Waals surface area contributed by atoms with Gasteiger partial charge in [-0.05, 0) is 55.5 Å². The third kappa shape index (κ3) is 6.84. The van der Waals surface area contributed by atoms with E-state index in [1.54, 1.807) is 69.3 Å².